The first kappa shape index (κ1) is 11.4. The Labute approximate surface area is 68.6 Å². The number of aliphatic hydroxyl groups excluding tert-OH is 1. The molecule has 0 saturated heterocycles. The number of halogens is 3. The molecule has 1 unspecified atom stereocenters. The lowest BCUT2D eigenvalue weighted by Gasteiger charge is -2.04. The van der Waals surface area contributed by atoms with Gasteiger partial charge < -0.3 is 9.84 Å². The predicted octanol–water partition coefficient (Wildman–Crippen LogP) is 1.50. The highest BCUT2D eigenvalue weighted by molar-refractivity contribution is 4.85. The van der Waals surface area contributed by atoms with E-state index in [2.05, 4.69) is 4.74 Å². The van der Waals surface area contributed by atoms with E-state index in [1.807, 2.05) is 0 Å². The Hall–Kier alpha value is -0.550. The molecule has 0 rings (SSSR count). The first-order chi connectivity index (χ1) is 5.42. The highest BCUT2D eigenvalue weighted by Crippen LogP contribution is 2.14. The van der Waals surface area contributed by atoms with Crippen molar-refractivity contribution in [2.45, 2.75) is 19.2 Å². The number of hydrogen-bond donors (Lipinski definition) is 1. The second-order valence-corrected chi connectivity index (χ2v) is 2.30. The van der Waals surface area contributed by atoms with Crippen molar-refractivity contribution in [1.29, 1.82) is 0 Å². The summed E-state index contributed by atoms with van der Waals surface area (Å²) in [7, 11) is 0. The Kier molecular flexibility index (Phi) is 4.92. The van der Waals surface area contributed by atoms with E-state index in [1.54, 1.807) is 0 Å². The van der Waals surface area contributed by atoms with Crippen molar-refractivity contribution in [3.05, 3.63) is 12.2 Å². The van der Waals surface area contributed by atoms with Gasteiger partial charge in [-0.25, -0.2) is 0 Å². The molecule has 5 heteroatoms. The Morgan fingerprint density at radius 1 is 1.50 bits per heavy atom. The van der Waals surface area contributed by atoms with E-state index in [9.17, 15) is 13.2 Å². The zero-order valence-electron chi connectivity index (χ0n) is 6.64. The van der Waals surface area contributed by atoms with Gasteiger partial charge in [0.15, 0.2) is 0 Å². The van der Waals surface area contributed by atoms with E-state index in [0.717, 1.165) is 0 Å². The zero-order chi connectivity index (χ0) is 9.61. The van der Waals surface area contributed by atoms with Gasteiger partial charge in [-0.3, -0.25) is 0 Å². The van der Waals surface area contributed by atoms with Crippen molar-refractivity contribution < 1.29 is 23.0 Å². The minimum Gasteiger partial charge on any atom is -0.389 e. The summed E-state index contributed by atoms with van der Waals surface area (Å²) < 4.78 is 38.6. The summed E-state index contributed by atoms with van der Waals surface area (Å²) in [6, 6.07) is 0. The Morgan fingerprint density at radius 3 is 2.50 bits per heavy atom. The fraction of sp³-hybridized carbons (Fsp3) is 0.714. The molecule has 0 bridgehead atoms. The van der Waals surface area contributed by atoms with E-state index >= 15 is 0 Å². The topological polar surface area (TPSA) is 29.5 Å². The molecule has 0 aromatic carbocycles. The van der Waals surface area contributed by atoms with Crippen LogP contribution in [-0.2, 0) is 4.74 Å². The largest absolute Gasteiger partial charge is 0.411 e. The predicted molar refractivity (Wildman–Crippen MR) is 37.7 cm³/mol. The summed E-state index contributed by atoms with van der Waals surface area (Å²) >= 11 is 0. The van der Waals surface area contributed by atoms with E-state index in [-0.39, 0.29) is 6.61 Å². The van der Waals surface area contributed by atoms with Gasteiger partial charge >= 0.3 is 6.18 Å². The maximum Gasteiger partial charge on any atom is 0.411 e. The lowest BCUT2D eigenvalue weighted by atomic mass is 10.4. The van der Waals surface area contributed by atoms with Crippen LogP contribution in [0.5, 0.6) is 0 Å². The molecule has 1 N–H and O–H groups in total. The molecule has 2 nitrogen and oxygen atoms in total. The average Bonchev–Trinajstić information content (AvgIpc) is 1.83. The van der Waals surface area contributed by atoms with Crippen molar-refractivity contribution in [3.8, 4) is 0 Å². The monoisotopic (exact) mass is 184 g/mol. The van der Waals surface area contributed by atoms with Gasteiger partial charge in [-0.15, -0.1) is 0 Å². The molecule has 0 spiro atoms. The molecule has 0 aliphatic carbocycles. The molecule has 12 heavy (non-hydrogen) atoms. The molecule has 0 heterocycles. The first-order valence-corrected chi connectivity index (χ1v) is 3.41. The van der Waals surface area contributed by atoms with Crippen LogP contribution in [0.15, 0.2) is 12.2 Å². The van der Waals surface area contributed by atoms with Crippen molar-refractivity contribution in [1.82, 2.24) is 0 Å². The Balaban J connectivity index is 3.34. The van der Waals surface area contributed by atoms with Crippen LogP contribution in [0.2, 0.25) is 0 Å². The number of hydrogen-bond acceptors (Lipinski definition) is 2. The van der Waals surface area contributed by atoms with Crippen molar-refractivity contribution in [2.24, 2.45) is 0 Å². The van der Waals surface area contributed by atoms with Gasteiger partial charge in [0.25, 0.3) is 0 Å². The van der Waals surface area contributed by atoms with E-state index in [0.29, 0.717) is 0 Å². The standard InChI is InChI=1S/C7H11F3O2/c1-6(11)3-2-4-12-5-7(8,9)10/h2-3,6,11H,4-5H2,1H3. The maximum absolute atomic E-state index is 11.4. The smallest absolute Gasteiger partial charge is 0.389 e. The van der Waals surface area contributed by atoms with Crippen LogP contribution in [0.3, 0.4) is 0 Å². The molecule has 72 valence electrons. The molecule has 0 aromatic heterocycles. The summed E-state index contributed by atoms with van der Waals surface area (Å²) in [6.45, 7) is 0.113. The minimum atomic E-state index is -4.28. The second kappa shape index (κ2) is 5.16. The number of ether oxygens (including phenoxy) is 1. The lowest BCUT2D eigenvalue weighted by molar-refractivity contribution is -0.171. The fourth-order valence-electron chi connectivity index (χ4n) is 0.495. The van der Waals surface area contributed by atoms with Crippen LogP contribution in [0.1, 0.15) is 6.92 Å². The molecule has 0 aliphatic rings. The molecule has 0 saturated carbocycles. The molecule has 0 aliphatic heterocycles. The third kappa shape index (κ3) is 9.45. The summed E-state index contributed by atoms with van der Waals surface area (Å²) in [6.07, 6.45) is -2.23. The van der Waals surface area contributed by atoms with Crippen LogP contribution in [0.25, 0.3) is 0 Å². The Bertz CT molecular complexity index is 140. The normalized spacial score (nSPS) is 15.4. The molecule has 0 fully saturated rings. The SMILES string of the molecule is CC(O)C=CCOCC(F)(F)F. The highest BCUT2D eigenvalue weighted by atomic mass is 19.4. The van der Waals surface area contributed by atoms with Gasteiger partial charge in [-0.05, 0) is 6.92 Å². The minimum absolute atomic E-state index is 0.135. The highest BCUT2D eigenvalue weighted by Gasteiger charge is 2.26. The second-order valence-electron chi connectivity index (χ2n) is 2.30. The van der Waals surface area contributed by atoms with Gasteiger partial charge in [-0.2, -0.15) is 13.2 Å². The summed E-state index contributed by atoms with van der Waals surface area (Å²) in [5, 5.41) is 8.65. The van der Waals surface area contributed by atoms with Crippen molar-refractivity contribution in [3.63, 3.8) is 0 Å². The van der Waals surface area contributed by atoms with Gasteiger partial charge in [0, 0.05) is 0 Å². The van der Waals surface area contributed by atoms with Crippen LogP contribution >= 0.6 is 0 Å². The van der Waals surface area contributed by atoms with E-state index in [4.69, 9.17) is 5.11 Å². The van der Waals surface area contributed by atoms with Gasteiger partial charge in [0.1, 0.15) is 6.61 Å². The molecule has 0 amide bonds. The fourth-order valence-corrected chi connectivity index (χ4v) is 0.495. The number of rotatable bonds is 4. The zero-order valence-corrected chi connectivity index (χ0v) is 6.64. The number of aliphatic hydroxyl groups is 1. The summed E-state index contributed by atoms with van der Waals surface area (Å²) in [5.74, 6) is 0. The molecule has 0 radical (unpaired) electrons. The van der Waals surface area contributed by atoms with Crippen LogP contribution in [0, 0.1) is 0 Å². The molecule has 0 aromatic rings. The van der Waals surface area contributed by atoms with Crippen LogP contribution < -0.4 is 0 Å². The molecular formula is C7H11F3O2. The van der Waals surface area contributed by atoms with Crippen LogP contribution in [0.4, 0.5) is 13.2 Å². The summed E-state index contributed by atoms with van der Waals surface area (Å²) in [4.78, 5) is 0. The van der Waals surface area contributed by atoms with E-state index in [1.165, 1.54) is 19.1 Å². The quantitative estimate of drug-likeness (QED) is 0.530. The third-order valence-corrected chi connectivity index (χ3v) is 0.894. The Morgan fingerprint density at radius 2 is 2.08 bits per heavy atom. The van der Waals surface area contributed by atoms with Crippen LogP contribution in [-0.4, -0.2) is 30.6 Å². The first-order valence-electron chi connectivity index (χ1n) is 3.41. The van der Waals surface area contributed by atoms with E-state index < -0.39 is 18.9 Å². The maximum atomic E-state index is 11.4. The average molecular weight is 184 g/mol. The third-order valence-electron chi connectivity index (χ3n) is 0.894. The van der Waals surface area contributed by atoms with Crippen molar-refractivity contribution in [2.75, 3.05) is 13.2 Å². The van der Waals surface area contributed by atoms with Gasteiger partial charge in [0.2, 0.25) is 0 Å². The van der Waals surface area contributed by atoms with Crippen molar-refractivity contribution >= 4 is 0 Å². The molecular weight excluding hydrogens is 173 g/mol. The number of alkyl halides is 3. The van der Waals surface area contributed by atoms with Gasteiger partial charge in [-0.1, -0.05) is 12.2 Å². The molecule has 1 atom stereocenters. The summed E-state index contributed by atoms with van der Waals surface area (Å²) in [5.41, 5.74) is 0. The van der Waals surface area contributed by atoms with Gasteiger partial charge in [0.05, 0.1) is 12.7 Å². The lowest BCUT2D eigenvalue weighted by Crippen LogP contribution is -2.16.